The molecule has 5 heteroatoms. The Balaban J connectivity index is 2.76. The lowest BCUT2D eigenvalue weighted by Crippen LogP contribution is -2.15. The Kier molecular flexibility index (Phi) is 3.39. The summed E-state index contributed by atoms with van der Waals surface area (Å²) >= 11 is 3.23. The van der Waals surface area contributed by atoms with Crippen molar-refractivity contribution in [3.05, 3.63) is 28.5 Å². The third-order valence-electron chi connectivity index (χ3n) is 1.55. The van der Waals surface area contributed by atoms with E-state index < -0.39 is 12.0 Å². The van der Waals surface area contributed by atoms with Crippen molar-refractivity contribution in [3.8, 4) is 0 Å². The summed E-state index contributed by atoms with van der Waals surface area (Å²) in [7, 11) is 0. The van der Waals surface area contributed by atoms with Gasteiger partial charge in [-0.3, -0.25) is 9.78 Å². The first-order valence-corrected chi connectivity index (χ1v) is 4.46. The first-order chi connectivity index (χ1) is 6.09. The molecule has 0 aromatic carbocycles. The minimum Gasteiger partial charge on any atom is -0.481 e. The summed E-state index contributed by atoms with van der Waals surface area (Å²) in [6.07, 6.45) is 3.10. The minimum atomic E-state index is -0.910. The van der Waals surface area contributed by atoms with Gasteiger partial charge in [0.25, 0.3) is 0 Å². The molecule has 0 saturated carbocycles. The van der Waals surface area contributed by atoms with Crippen LogP contribution >= 0.6 is 15.9 Å². The van der Waals surface area contributed by atoms with Gasteiger partial charge in [-0.05, 0) is 27.6 Å². The topological polar surface area (TPSA) is 76.2 Å². The highest BCUT2D eigenvalue weighted by Crippen LogP contribution is 2.16. The Morgan fingerprint density at radius 2 is 2.38 bits per heavy atom. The predicted octanol–water partition coefficient (Wildman–Crippen LogP) is 1.32. The minimum absolute atomic E-state index is 0.0852. The average molecular weight is 245 g/mol. The Bertz CT molecular complexity index is 317. The van der Waals surface area contributed by atoms with Crippen LogP contribution in [0.3, 0.4) is 0 Å². The Morgan fingerprint density at radius 1 is 1.69 bits per heavy atom. The van der Waals surface area contributed by atoms with Gasteiger partial charge in [0.05, 0.1) is 6.42 Å². The molecule has 1 atom stereocenters. The van der Waals surface area contributed by atoms with Crippen LogP contribution in [-0.2, 0) is 4.79 Å². The maximum absolute atomic E-state index is 10.4. The van der Waals surface area contributed by atoms with Gasteiger partial charge in [-0.1, -0.05) is 0 Å². The molecule has 0 unspecified atom stereocenters. The fourth-order valence-corrected chi connectivity index (χ4v) is 1.32. The number of pyridine rings is 1. The van der Waals surface area contributed by atoms with Crippen molar-refractivity contribution >= 4 is 21.9 Å². The van der Waals surface area contributed by atoms with E-state index in [2.05, 4.69) is 20.9 Å². The van der Waals surface area contributed by atoms with Crippen molar-refractivity contribution in [2.45, 2.75) is 12.5 Å². The zero-order valence-electron chi connectivity index (χ0n) is 6.77. The highest BCUT2D eigenvalue weighted by atomic mass is 79.9. The number of carboxylic acid groups (broad SMARTS) is 1. The van der Waals surface area contributed by atoms with Gasteiger partial charge >= 0.3 is 5.97 Å². The maximum atomic E-state index is 10.4. The van der Waals surface area contributed by atoms with Crippen LogP contribution in [0.4, 0.5) is 0 Å². The number of rotatable bonds is 3. The van der Waals surface area contributed by atoms with E-state index in [0.717, 1.165) is 10.0 Å². The molecule has 0 aliphatic heterocycles. The van der Waals surface area contributed by atoms with Gasteiger partial charge in [-0.15, -0.1) is 0 Å². The van der Waals surface area contributed by atoms with Crippen molar-refractivity contribution < 1.29 is 9.90 Å². The second kappa shape index (κ2) is 4.34. The molecule has 4 nitrogen and oxygen atoms in total. The number of aromatic nitrogens is 1. The van der Waals surface area contributed by atoms with Crippen LogP contribution < -0.4 is 5.73 Å². The van der Waals surface area contributed by atoms with Crippen LogP contribution in [0.2, 0.25) is 0 Å². The predicted molar refractivity (Wildman–Crippen MR) is 51.1 cm³/mol. The number of halogens is 1. The molecule has 0 aliphatic rings. The second-order valence-corrected chi connectivity index (χ2v) is 3.56. The standard InChI is InChI=1S/C8H9BrN2O2/c9-6-1-5(3-11-4-6)7(10)2-8(12)13/h1,3-4,7H,2,10H2,(H,12,13)/t7-/m0/s1. The van der Waals surface area contributed by atoms with E-state index in [1.165, 1.54) is 0 Å². The number of carbonyl (C=O) groups is 1. The van der Waals surface area contributed by atoms with Gasteiger partial charge < -0.3 is 10.8 Å². The van der Waals surface area contributed by atoms with Gasteiger partial charge in [-0.2, -0.15) is 0 Å². The Labute approximate surface area is 83.9 Å². The normalized spacial score (nSPS) is 12.5. The molecule has 0 saturated heterocycles. The number of carboxylic acids is 1. The molecule has 13 heavy (non-hydrogen) atoms. The van der Waals surface area contributed by atoms with Crippen molar-refractivity contribution in [1.29, 1.82) is 0 Å². The molecule has 0 bridgehead atoms. The van der Waals surface area contributed by atoms with Gasteiger partial charge in [0.15, 0.2) is 0 Å². The lowest BCUT2D eigenvalue weighted by atomic mass is 10.1. The van der Waals surface area contributed by atoms with E-state index in [4.69, 9.17) is 10.8 Å². The molecule has 1 rings (SSSR count). The summed E-state index contributed by atoms with van der Waals surface area (Å²) in [4.78, 5) is 14.2. The average Bonchev–Trinajstić information content (AvgIpc) is 2.03. The third-order valence-corrected chi connectivity index (χ3v) is 1.98. The van der Waals surface area contributed by atoms with Crippen molar-refractivity contribution in [3.63, 3.8) is 0 Å². The van der Waals surface area contributed by atoms with Crippen LogP contribution in [0.25, 0.3) is 0 Å². The fourth-order valence-electron chi connectivity index (χ4n) is 0.937. The van der Waals surface area contributed by atoms with Crippen LogP contribution in [0.1, 0.15) is 18.0 Å². The van der Waals surface area contributed by atoms with E-state index in [0.29, 0.717) is 0 Å². The molecule has 1 aromatic rings. The number of hydrogen-bond donors (Lipinski definition) is 2. The van der Waals surface area contributed by atoms with Crippen molar-refractivity contribution in [2.24, 2.45) is 5.73 Å². The van der Waals surface area contributed by atoms with Gasteiger partial charge in [0.1, 0.15) is 0 Å². The summed E-state index contributed by atoms with van der Waals surface area (Å²) in [5, 5.41) is 8.50. The van der Waals surface area contributed by atoms with Crippen LogP contribution in [-0.4, -0.2) is 16.1 Å². The van der Waals surface area contributed by atoms with Crippen LogP contribution in [0, 0.1) is 0 Å². The number of nitrogens with two attached hydrogens (primary N) is 1. The Morgan fingerprint density at radius 3 is 2.92 bits per heavy atom. The molecule has 70 valence electrons. The molecular formula is C8H9BrN2O2. The Hall–Kier alpha value is -0.940. The summed E-state index contributed by atoms with van der Waals surface area (Å²) in [5.74, 6) is -0.910. The third kappa shape index (κ3) is 3.12. The molecule has 0 spiro atoms. The molecule has 0 fully saturated rings. The molecule has 0 radical (unpaired) electrons. The molecule has 0 amide bonds. The lowest BCUT2D eigenvalue weighted by molar-refractivity contribution is -0.137. The quantitative estimate of drug-likeness (QED) is 0.841. The lowest BCUT2D eigenvalue weighted by Gasteiger charge is -2.08. The first kappa shape index (κ1) is 10.1. The largest absolute Gasteiger partial charge is 0.481 e. The summed E-state index contributed by atoms with van der Waals surface area (Å²) < 4.78 is 0.797. The summed E-state index contributed by atoms with van der Waals surface area (Å²) in [6, 6.07) is 1.27. The molecule has 3 N–H and O–H groups in total. The molecule has 1 aromatic heterocycles. The summed E-state index contributed by atoms with van der Waals surface area (Å²) in [5.41, 5.74) is 6.34. The van der Waals surface area contributed by atoms with E-state index in [1.807, 2.05) is 0 Å². The molecular weight excluding hydrogens is 236 g/mol. The van der Waals surface area contributed by atoms with Crippen molar-refractivity contribution in [2.75, 3.05) is 0 Å². The highest BCUT2D eigenvalue weighted by Gasteiger charge is 2.10. The van der Waals surface area contributed by atoms with E-state index in [1.54, 1.807) is 18.5 Å². The first-order valence-electron chi connectivity index (χ1n) is 3.67. The van der Waals surface area contributed by atoms with E-state index in [-0.39, 0.29) is 6.42 Å². The zero-order valence-corrected chi connectivity index (χ0v) is 8.36. The van der Waals surface area contributed by atoms with Gasteiger partial charge in [-0.25, -0.2) is 0 Å². The van der Waals surface area contributed by atoms with Crippen LogP contribution in [0.5, 0.6) is 0 Å². The van der Waals surface area contributed by atoms with E-state index >= 15 is 0 Å². The van der Waals surface area contributed by atoms with Gasteiger partial charge in [0, 0.05) is 22.9 Å². The summed E-state index contributed by atoms with van der Waals surface area (Å²) in [6.45, 7) is 0. The second-order valence-electron chi connectivity index (χ2n) is 2.64. The van der Waals surface area contributed by atoms with E-state index in [9.17, 15) is 4.79 Å². The number of nitrogens with zero attached hydrogens (tertiary/aromatic N) is 1. The smallest absolute Gasteiger partial charge is 0.305 e. The number of hydrogen-bond acceptors (Lipinski definition) is 3. The van der Waals surface area contributed by atoms with Gasteiger partial charge in [0.2, 0.25) is 0 Å². The SMILES string of the molecule is N[C@@H](CC(=O)O)c1cncc(Br)c1. The number of aliphatic carboxylic acids is 1. The van der Waals surface area contributed by atoms with Crippen LogP contribution in [0.15, 0.2) is 22.9 Å². The monoisotopic (exact) mass is 244 g/mol. The zero-order chi connectivity index (χ0) is 9.84. The fraction of sp³-hybridized carbons (Fsp3) is 0.250. The maximum Gasteiger partial charge on any atom is 0.305 e. The molecule has 0 aliphatic carbocycles. The molecule has 1 heterocycles. The highest BCUT2D eigenvalue weighted by molar-refractivity contribution is 9.10. The van der Waals surface area contributed by atoms with Crippen molar-refractivity contribution in [1.82, 2.24) is 4.98 Å².